The minimum absolute atomic E-state index is 0.161. The van der Waals surface area contributed by atoms with Gasteiger partial charge in [0.2, 0.25) is 0 Å². The Labute approximate surface area is 98.9 Å². The normalized spacial score (nSPS) is 19.4. The summed E-state index contributed by atoms with van der Waals surface area (Å²) in [4.78, 5) is 7.57. The van der Waals surface area contributed by atoms with Gasteiger partial charge in [0.05, 0.1) is 18.1 Å². The number of fused-ring (bicyclic) bond motifs is 1. The van der Waals surface area contributed by atoms with Crippen molar-refractivity contribution in [1.82, 2.24) is 15.3 Å². The van der Waals surface area contributed by atoms with E-state index in [4.69, 9.17) is 11.6 Å². The minimum atomic E-state index is 0.161. The fourth-order valence-electron chi connectivity index (χ4n) is 2.18. The van der Waals surface area contributed by atoms with Crippen LogP contribution >= 0.6 is 11.6 Å². The van der Waals surface area contributed by atoms with Crippen molar-refractivity contribution in [1.29, 1.82) is 0 Å². The van der Waals surface area contributed by atoms with Crippen molar-refractivity contribution in [3.8, 4) is 0 Å². The van der Waals surface area contributed by atoms with E-state index < -0.39 is 0 Å². The molecule has 0 radical (unpaired) electrons. The summed E-state index contributed by atoms with van der Waals surface area (Å²) in [5, 5.41) is 4.23. The van der Waals surface area contributed by atoms with Gasteiger partial charge in [0, 0.05) is 23.7 Å². The van der Waals surface area contributed by atoms with Crippen LogP contribution in [0, 0.1) is 0 Å². The molecule has 0 fully saturated rings. The highest BCUT2D eigenvalue weighted by Crippen LogP contribution is 2.27. The smallest absolute Gasteiger partial charge is 0.0926 e. The topological polar surface area (TPSA) is 40.7 Å². The van der Waals surface area contributed by atoms with Crippen molar-refractivity contribution in [2.45, 2.75) is 12.5 Å². The first-order chi connectivity index (χ1) is 7.84. The molecule has 0 saturated carbocycles. The maximum absolute atomic E-state index is 6.01. The van der Waals surface area contributed by atoms with Crippen molar-refractivity contribution in [3.05, 3.63) is 52.6 Å². The van der Waals surface area contributed by atoms with E-state index in [1.54, 1.807) is 6.33 Å². The number of nitrogens with one attached hydrogen (secondary N) is 2. The molecule has 1 aromatic heterocycles. The maximum Gasteiger partial charge on any atom is 0.0926 e. The van der Waals surface area contributed by atoms with Crippen LogP contribution in [0.15, 0.2) is 30.6 Å². The second kappa shape index (κ2) is 3.92. The molecule has 3 nitrogen and oxygen atoms in total. The number of hydrogen-bond acceptors (Lipinski definition) is 2. The molecule has 1 aliphatic rings. The number of H-pyrrole nitrogens is 1. The molecule has 4 heteroatoms. The lowest BCUT2D eigenvalue weighted by Crippen LogP contribution is -2.30. The van der Waals surface area contributed by atoms with Gasteiger partial charge in [-0.25, -0.2) is 4.98 Å². The highest BCUT2D eigenvalue weighted by molar-refractivity contribution is 6.30. The van der Waals surface area contributed by atoms with Gasteiger partial charge < -0.3 is 10.3 Å². The van der Waals surface area contributed by atoms with E-state index in [0.717, 1.165) is 23.7 Å². The van der Waals surface area contributed by atoms with Crippen molar-refractivity contribution < 1.29 is 0 Å². The van der Waals surface area contributed by atoms with E-state index in [1.165, 1.54) is 11.3 Å². The Bertz CT molecular complexity index is 506. The van der Waals surface area contributed by atoms with Crippen LogP contribution in [0.1, 0.15) is 23.0 Å². The van der Waals surface area contributed by atoms with Crippen molar-refractivity contribution in [2.75, 3.05) is 6.54 Å². The molecule has 0 spiro atoms. The molecule has 0 bridgehead atoms. The number of aromatic nitrogens is 2. The number of benzene rings is 1. The van der Waals surface area contributed by atoms with Crippen LogP contribution in [-0.2, 0) is 6.42 Å². The Morgan fingerprint density at radius 1 is 1.38 bits per heavy atom. The van der Waals surface area contributed by atoms with Gasteiger partial charge in [-0.05, 0) is 17.7 Å². The number of aromatic amines is 1. The summed E-state index contributed by atoms with van der Waals surface area (Å²) < 4.78 is 0. The first kappa shape index (κ1) is 9.87. The Kier molecular flexibility index (Phi) is 2.42. The van der Waals surface area contributed by atoms with Gasteiger partial charge in [-0.2, -0.15) is 0 Å². The third-order valence-electron chi connectivity index (χ3n) is 2.93. The molecule has 1 aromatic carbocycles. The van der Waals surface area contributed by atoms with Crippen LogP contribution in [0.5, 0.6) is 0 Å². The predicted molar refractivity (Wildman–Crippen MR) is 63.6 cm³/mol. The van der Waals surface area contributed by atoms with Crippen LogP contribution in [0.4, 0.5) is 0 Å². The Morgan fingerprint density at radius 2 is 2.31 bits per heavy atom. The lowest BCUT2D eigenvalue weighted by molar-refractivity contribution is 0.553. The summed E-state index contributed by atoms with van der Waals surface area (Å²) in [6, 6.07) is 8.09. The Balaban J connectivity index is 2.04. The summed E-state index contributed by atoms with van der Waals surface area (Å²) in [6.07, 6.45) is 2.77. The molecule has 16 heavy (non-hydrogen) atoms. The molecule has 0 amide bonds. The number of nitrogens with zero attached hydrogens (tertiary/aromatic N) is 1. The molecule has 0 unspecified atom stereocenters. The van der Waals surface area contributed by atoms with Crippen molar-refractivity contribution in [3.63, 3.8) is 0 Å². The first-order valence-electron chi connectivity index (χ1n) is 5.35. The summed E-state index contributed by atoms with van der Waals surface area (Å²) in [7, 11) is 0. The molecule has 1 atom stereocenters. The second-order valence-electron chi connectivity index (χ2n) is 3.96. The molecular weight excluding hydrogens is 222 g/mol. The average Bonchev–Trinajstić information content (AvgIpc) is 2.76. The van der Waals surface area contributed by atoms with E-state index in [-0.39, 0.29) is 6.04 Å². The van der Waals surface area contributed by atoms with Gasteiger partial charge in [0.15, 0.2) is 0 Å². The largest absolute Gasteiger partial charge is 0.348 e. The van der Waals surface area contributed by atoms with E-state index in [1.807, 2.05) is 18.2 Å². The van der Waals surface area contributed by atoms with Gasteiger partial charge in [-0.1, -0.05) is 23.7 Å². The summed E-state index contributed by atoms with van der Waals surface area (Å²) in [6.45, 7) is 0.965. The second-order valence-corrected chi connectivity index (χ2v) is 4.39. The third kappa shape index (κ3) is 1.62. The van der Waals surface area contributed by atoms with Gasteiger partial charge in [0.1, 0.15) is 0 Å². The van der Waals surface area contributed by atoms with Gasteiger partial charge in [-0.15, -0.1) is 0 Å². The zero-order valence-electron chi connectivity index (χ0n) is 8.70. The lowest BCUT2D eigenvalue weighted by Gasteiger charge is -2.23. The summed E-state index contributed by atoms with van der Waals surface area (Å²) in [5.74, 6) is 0. The SMILES string of the molecule is Clc1cccc([C@@H]2NCCc3[nH]cnc32)c1. The van der Waals surface area contributed by atoms with Crippen LogP contribution < -0.4 is 5.32 Å². The molecule has 0 saturated heterocycles. The standard InChI is InChI=1S/C12H12ClN3/c13-9-3-1-2-8(6-9)11-12-10(4-5-14-11)15-7-16-12/h1-3,6-7,11,14H,4-5H2,(H,15,16)/t11-/m0/s1. The van der Waals surface area contributed by atoms with E-state index in [0.29, 0.717) is 0 Å². The van der Waals surface area contributed by atoms with Crippen LogP contribution in [0.3, 0.4) is 0 Å². The lowest BCUT2D eigenvalue weighted by atomic mass is 9.98. The molecule has 2 N–H and O–H groups in total. The average molecular weight is 234 g/mol. The van der Waals surface area contributed by atoms with Gasteiger partial charge in [-0.3, -0.25) is 0 Å². The highest BCUT2D eigenvalue weighted by atomic mass is 35.5. The van der Waals surface area contributed by atoms with E-state index in [9.17, 15) is 0 Å². The zero-order chi connectivity index (χ0) is 11.0. The quantitative estimate of drug-likeness (QED) is 0.794. The summed E-state index contributed by atoms with van der Waals surface area (Å²) in [5.41, 5.74) is 3.48. The first-order valence-corrected chi connectivity index (χ1v) is 5.73. The fraction of sp³-hybridized carbons (Fsp3) is 0.250. The molecule has 0 aliphatic carbocycles. The Hall–Kier alpha value is -1.32. The van der Waals surface area contributed by atoms with Crippen molar-refractivity contribution >= 4 is 11.6 Å². The van der Waals surface area contributed by atoms with Gasteiger partial charge >= 0.3 is 0 Å². The number of imidazole rings is 1. The molecule has 2 aromatic rings. The van der Waals surface area contributed by atoms with E-state index in [2.05, 4.69) is 21.4 Å². The predicted octanol–water partition coefficient (Wildman–Crippen LogP) is 2.30. The third-order valence-corrected chi connectivity index (χ3v) is 3.17. The molecule has 82 valence electrons. The Morgan fingerprint density at radius 3 is 3.19 bits per heavy atom. The number of halogens is 1. The molecule has 2 heterocycles. The van der Waals surface area contributed by atoms with E-state index >= 15 is 0 Å². The summed E-state index contributed by atoms with van der Waals surface area (Å²) >= 11 is 6.01. The van der Waals surface area contributed by atoms with Gasteiger partial charge in [0.25, 0.3) is 0 Å². The molecule has 1 aliphatic heterocycles. The monoisotopic (exact) mass is 233 g/mol. The van der Waals surface area contributed by atoms with Crippen LogP contribution in [0.2, 0.25) is 5.02 Å². The molecular formula is C12H12ClN3. The number of rotatable bonds is 1. The zero-order valence-corrected chi connectivity index (χ0v) is 9.46. The van der Waals surface area contributed by atoms with Crippen molar-refractivity contribution in [2.24, 2.45) is 0 Å². The van der Waals surface area contributed by atoms with Crippen LogP contribution in [0.25, 0.3) is 0 Å². The maximum atomic E-state index is 6.01. The highest BCUT2D eigenvalue weighted by Gasteiger charge is 2.23. The minimum Gasteiger partial charge on any atom is -0.348 e. The number of hydrogen-bond donors (Lipinski definition) is 2. The van der Waals surface area contributed by atoms with Crippen LogP contribution in [-0.4, -0.2) is 16.5 Å². The molecule has 3 rings (SSSR count). The fourth-order valence-corrected chi connectivity index (χ4v) is 2.38.